The Morgan fingerprint density at radius 1 is 1.17 bits per heavy atom. The summed E-state index contributed by atoms with van der Waals surface area (Å²) in [6, 6.07) is 11.6. The van der Waals surface area contributed by atoms with Gasteiger partial charge in [-0.3, -0.25) is 0 Å². The number of rotatable bonds is 9. The summed E-state index contributed by atoms with van der Waals surface area (Å²) in [5.74, 6) is 2.40. The second-order valence-corrected chi connectivity index (χ2v) is 7.19. The Bertz CT molecular complexity index is 930. The molecule has 3 N–H and O–H groups in total. The molecule has 8 nitrogen and oxygen atoms in total. The maximum atomic E-state index is 10.6. The van der Waals surface area contributed by atoms with Crippen LogP contribution < -0.4 is 10.6 Å². The molecule has 3 rings (SSSR count). The summed E-state index contributed by atoms with van der Waals surface area (Å²) in [4.78, 5) is 8.85. The highest BCUT2D eigenvalue weighted by molar-refractivity contribution is 5.79. The summed E-state index contributed by atoms with van der Waals surface area (Å²) in [5, 5.41) is 21.0. The fourth-order valence-electron chi connectivity index (χ4n) is 2.89. The van der Waals surface area contributed by atoms with E-state index in [0.717, 1.165) is 24.9 Å². The Labute approximate surface area is 176 Å². The lowest BCUT2D eigenvalue weighted by atomic mass is 10.0. The van der Waals surface area contributed by atoms with Gasteiger partial charge in [0, 0.05) is 25.1 Å². The fourth-order valence-corrected chi connectivity index (χ4v) is 2.89. The predicted octanol–water partition coefficient (Wildman–Crippen LogP) is 2.90. The number of aromatic nitrogens is 2. The molecule has 1 unspecified atom stereocenters. The molecule has 0 amide bonds. The van der Waals surface area contributed by atoms with E-state index in [1.807, 2.05) is 26.0 Å². The highest BCUT2D eigenvalue weighted by Crippen LogP contribution is 2.21. The molecule has 0 radical (unpaired) electrons. The summed E-state index contributed by atoms with van der Waals surface area (Å²) in [6.07, 6.45) is 3.12. The topological polar surface area (TPSA) is 109 Å². The molecule has 0 saturated carbocycles. The molecule has 2 heterocycles. The molecule has 30 heavy (non-hydrogen) atoms. The Balaban J connectivity index is 1.53. The minimum atomic E-state index is -1.16. The maximum Gasteiger partial charge on any atom is 0.257 e. The van der Waals surface area contributed by atoms with Gasteiger partial charge in [-0.05, 0) is 50.1 Å². The zero-order valence-corrected chi connectivity index (χ0v) is 17.7. The van der Waals surface area contributed by atoms with E-state index in [1.54, 1.807) is 25.3 Å². The minimum absolute atomic E-state index is 0.189. The van der Waals surface area contributed by atoms with Gasteiger partial charge in [-0.25, -0.2) is 4.99 Å². The Morgan fingerprint density at radius 3 is 2.60 bits per heavy atom. The predicted molar refractivity (Wildman–Crippen MR) is 115 cm³/mol. The number of benzene rings is 1. The van der Waals surface area contributed by atoms with E-state index >= 15 is 0 Å². The zero-order valence-electron chi connectivity index (χ0n) is 17.7. The molecule has 0 aliphatic rings. The number of nitrogens with zero attached hydrogens (tertiary/aromatic N) is 3. The van der Waals surface area contributed by atoms with Gasteiger partial charge in [-0.15, -0.1) is 0 Å². The van der Waals surface area contributed by atoms with E-state index in [9.17, 15) is 5.11 Å². The lowest BCUT2D eigenvalue weighted by Gasteiger charge is -2.19. The normalized spacial score (nSPS) is 13.8. The van der Waals surface area contributed by atoms with Crippen molar-refractivity contribution in [3.63, 3.8) is 0 Å². The van der Waals surface area contributed by atoms with Crippen molar-refractivity contribution >= 4 is 5.96 Å². The molecule has 1 atom stereocenters. The van der Waals surface area contributed by atoms with Crippen LogP contribution in [-0.4, -0.2) is 40.8 Å². The first-order valence-corrected chi connectivity index (χ1v) is 10.2. The van der Waals surface area contributed by atoms with Crippen molar-refractivity contribution < 1.29 is 14.0 Å². The number of aliphatic imine (C=N–C) groups is 1. The second kappa shape index (κ2) is 10.1. The van der Waals surface area contributed by atoms with Crippen molar-refractivity contribution in [1.29, 1.82) is 0 Å². The molecule has 0 bridgehead atoms. The third-order valence-corrected chi connectivity index (χ3v) is 4.63. The molecule has 8 heteroatoms. The van der Waals surface area contributed by atoms with Crippen LogP contribution >= 0.6 is 0 Å². The number of hydrogen-bond donors (Lipinski definition) is 3. The SMILES string of the molecule is CCNC(=NCC(C)(O)c1ccco1)NCCc1ccc(-c2nc(CC)no2)cc1. The number of guanidine groups is 1. The van der Waals surface area contributed by atoms with Gasteiger partial charge in [-0.2, -0.15) is 4.98 Å². The molecule has 160 valence electrons. The molecule has 3 aromatic rings. The number of hydrogen-bond acceptors (Lipinski definition) is 6. The highest BCUT2D eigenvalue weighted by Gasteiger charge is 2.26. The van der Waals surface area contributed by atoms with E-state index in [1.165, 1.54) is 5.56 Å². The van der Waals surface area contributed by atoms with E-state index in [0.29, 0.717) is 30.0 Å². The third-order valence-electron chi connectivity index (χ3n) is 4.63. The minimum Gasteiger partial charge on any atom is -0.466 e. The molecule has 0 aliphatic carbocycles. The monoisotopic (exact) mass is 411 g/mol. The highest BCUT2D eigenvalue weighted by atomic mass is 16.5. The molecule has 1 aromatic carbocycles. The zero-order chi connectivity index (χ0) is 21.4. The summed E-state index contributed by atoms with van der Waals surface area (Å²) in [7, 11) is 0. The fraction of sp³-hybridized carbons (Fsp3) is 0.409. The summed E-state index contributed by atoms with van der Waals surface area (Å²) in [6.45, 7) is 7.31. The van der Waals surface area contributed by atoms with Crippen LogP contribution in [0, 0.1) is 0 Å². The largest absolute Gasteiger partial charge is 0.466 e. The number of furan rings is 1. The Kier molecular flexibility index (Phi) is 7.24. The Hall–Kier alpha value is -3.13. The molecular formula is C22H29N5O3. The van der Waals surface area contributed by atoms with Crippen molar-refractivity contribution in [3.8, 4) is 11.5 Å². The average molecular weight is 412 g/mol. The summed E-state index contributed by atoms with van der Waals surface area (Å²) in [5.41, 5.74) is 0.933. The van der Waals surface area contributed by atoms with E-state index in [4.69, 9.17) is 8.94 Å². The lowest BCUT2D eigenvalue weighted by molar-refractivity contribution is 0.0437. The average Bonchev–Trinajstić information content (AvgIpc) is 3.45. The van der Waals surface area contributed by atoms with Gasteiger partial charge in [0.05, 0.1) is 12.8 Å². The molecule has 0 aliphatic heterocycles. The van der Waals surface area contributed by atoms with Crippen molar-refractivity contribution in [3.05, 3.63) is 59.8 Å². The first-order valence-electron chi connectivity index (χ1n) is 10.2. The first kappa shape index (κ1) is 21.6. The van der Waals surface area contributed by atoms with Crippen LogP contribution in [0.25, 0.3) is 11.5 Å². The van der Waals surface area contributed by atoms with E-state index in [-0.39, 0.29) is 6.54 Å². The molecule has 0 spiro atoms. The van der Waals surface area contributed by atoms with Gasteiger partial charge in [0.15, 0.2) is 11.8 Å². The van der Waals surface area contributed by atoms with Crippen molar-refractivity contribution in [2.24, 2.45) is 4.99 Å². The molecule has 0 saturated heterocycles. The molecular weight excluding hydrogens is 382 g/mol. The lowest BCUT2D eigenvalue weighted by Crippen LogP contribution is -2.39. The van der Waals surface area contributed by atoms with Crippen molar-refractivity contribution in [2.75, 3.05) is 19.6 Å². The van der Waals surface area contributed by atoms with Gasteiger partial charge in [0.25, 0.3) is 5.89 Å². The second-order valence-electron chi connectivity index (χ2n) is 7.19. The number of nitrogens with one attached hydrogen (secondary N) is 2. The summed E-state index contributed by atoms with van der Waals surface area (Å²) >= 11 is 0. The quantitative estimate of drug-likeness (QED) is 0.367. The van der Waals surface area contributed by atoms with Gasteiger partial charge in [0.2, 0.25) is 0 Å². The maximum absolute atomic E-state index is 10.6. The third kappa shape index (κ3) is 5.70. The van der Waals surface area contributed by atoms with Crippen LogP contribution in [-0.2, 0) is 18.4 Å². The number of aliphatic hydroxyl groups is 1. The summed E-state index contributed by atoms with van der Waals surface area (Å²) < 4.78 is 10.6. The van der Waals surface area contributed by atoms with E-state index in [2.05, 4.69) is 37.9 Å². The van der Waals surface area contributed by atoms with Gasteiger partial charge in [0.1, 0.15) is 11.4 Å². The van der Waals surface area contributed by atoms with Crippen LogP contribution in [0.5, 0.6) is 0 Å². The van der Waals surface area contributed by atoms with Crippen LogP contribution in [0.3, 0.4) is 0 Å². The molecule has 0 fully saturated rings. The first-order chi connectivity index (χ1) is 14.5. The van der Waals surface area contributed by atoms with Crippen LogP contribution in [0.15, 0.2) is 56.6 Å². The van der Waals surface area contributed by atoms with Gasteiger partial charge >= 0.3 is 0 Å². The van der Waals surface area contributed by atoms with Crippen molar-refractivity contribution in [1.82, 2.24) is 20.8 Å². The van der Waals surface area contributed by atoms with E-state index < -0.39 is 5.60 Å². The smallest absolute Gasteiger partial charge is 0.257 e. The van der Waals surface area contributed by atoms with Crippen LogP contribution in [0.1, 0.15) is 37.9 Å². The molecule has 2 aromatic heterocycles. The van der Waals surface area contributed by atoms with Crippen LogP contribution in [0.4, 0.5) is 0 Å². The number of aryl methyl sites for hydroxylation is 1. The van der Waals surface area contributed by atoms with Gasteiger partial charge in [-0.1, -0.05) is 24.2 Å². The van der Waals surface area contributed by atoms with Crippen molar-refractivity contribution in [2.45, 2.75) is 39.2 Å². The van der Waals surface area contributed by atoms with Gasteiger partial charge < -0.3 is 24.7 Å². The van der Waals surface area contributed by atoms with Crippen LogP contribution in [0.2, 0.25) is 0 Å². The standard InChI is InChI=1S/C22H29N5O3/c1-4-19-26-20(30-27-19)17-10-8-16(9-11-17)12-13-24-21(23-5-2)25-15-22(3,28)18-7-6-14-29-18/h6-11,14,28H,4-5,12-13,15H2,1-3H3,(H2,23,24,25). The Morgan fingerprint density at radius 2 is 1.97 bits per heavy atom.